The van der Waals surface area contributed by atoms with Gasteiger partial charge in [-0.2, -0.15) is 0 Å². The van der Waals surface area contributed by atoms with Gasteiger partial charge in [0.15, 0.2) is 0 Å². The second-order valence-corrected chi connectivity index (χ2v) is 9.17. The Morgan fingerprint density at radius 2 is 1.82 bits per heavy atom. The average molecular weight is 439 g/mol. The number of benzene rings is 2. The highest BCUT2D eigenvalue weighted by molar-refractivity contribution is 8.22. The first kappa shape index (κ1) is 22.7. The Kier molecular flexibility index (Phi) is 8.30. The molecule has 0 bridgehead atoms. The molecule has 2 aromatic carbocycles. The molecule has 0 aliphatic heterocycles. The summed E-state index contributed by atoms with van der Waals surface area (Å²) in [5.41, 5.74) is 3.13. The molecule has 150 valence electrons. The first-order valence-electron chi connectivity index (χ1n) is 8.57. The maximum absolute atomic E-state index is 14.0. The monoisotopic (exact) mass is 438 g/mol. The van der Waals surface area contributed by atoms with E-state index in [1.54, 1.807) is 6.07 Å². The van der Waals surface area contributed by atoms with Crippen LogP contribution in [-0.2, 0) is 21.9 Å². The Bertz CT molecular complexity index is 836. The molecular weight excluding hydrogens is 415 g/mol. The fourth-order valence-corrected chi connectivity index (χ4v) is 3.49. The largest absolute Gasteiger partial charge is 0.371 e. The van der Waals surface area contributed by atoms with Crippen molar-refractivity contribution in [1.82, 2.24) is 5.32 Å². The van der Waals surface area contributed by atoms with Crippen LogP contribution in [0.2, 0.25) is 0 Å². The first-order valence-corrected chi connectivity index (χ1v) is 10.8. The van der Waals surface area contributed by atoms with Crippen LogP contribution >= 0.6 is 36.2 Å². The molecule has 0 aliphatic rings. The van der Waals surface area contributed by atoms with Crippen LogP contribution in [-0.4, -0.2) is 10.3 Å². The van der Waals surface area contributed by atoms with Crippen molar-refractivity contribution in [3.8, 4) is 0 Å². The molecule has 0 aliphatic carbocycles. The summed E-state index contributed by atoms with van der Waals surface area (Å²) in [6.07, 6.45) is 0. The van der Waals surface area contributed by atoms with Crippen molar-refractivity contribution < 1.29 is 13.4 Å². The van der Waals surface area contributed by atoms with E-state index in [1.807, 2.05) is 0 Å². The third-order valence-electron chi connectivity index (χ3n) is 4.00. The SMILES string of the molecule is CC(C)(C)c1ccc(CSC(=S)NCc2ccc(C(=O)OSN)c(F)c2)cc1. The van der Waals surface area contributed by atoms with Gasteiger partial charge in [0.2, 0.25) is 0 Å². The van der Waals surface area contributed by atoms with Gasteiger partial charge in [-0.3, -0.25) is 0 Å². The molecule has 4 nitrogen and oxygen atoms in total. The van der Waals surface area contributed by atoms with E-state index in [2.05, 4.69) is 54.5 Å². The van der Waals surface area contributed by atoms with E-state index in [1.165, 1.54) is 35.0 Å². The molecule has 0 atom stereocenters. The van der Waals surface area contributed by atoms with Crippen molar-refractivity contribution >= 4 is 46.5 Å². The van der Waals surface area contributed by atoms with Gasteiger partial charge >= 0.3 is 5.97 Å². The van der Waals surface area contributed by atoms with Gasteiger partial charge in [0.25, 0.3) is 0 Å². The minimum atomic E-state index is -0.812. The van der Waals surface area contributed by atoms with Gasteiger partial charge in [0.1, 0.15) is 22.4 Å². The number of halogens is 1. The molecule has 8 heteroatoms. The van der Waals surface area contributed by atoms with Gasteiger partial charge in [-0.15, -0.1) is 0 Å². The Balaban J connectivity index is 1.84. The zero-order valence-electron chi connectivity index (χ0n) is 16.0. The summed E-state index contributed by atoms with van der Waals surface area (Å²) in [7, 11) is 0. The zero-order valence-corrected chi connectivity index (χ0v) is 18.4. The quantitative estimate of drug-likeness (QED) is 0.369. The van der Waals surface area contributed by atoms with Gasteiger partial charge in [0, 0.05) is 12.3 Å². The summed E-state index contributed by atoms with van der Waals surface area (Å²) in [5.74, 6) is -0.712. The summed E-state index contributed by atoms with van der Waals surface area (Å²) in [4.78, 5) is 11.5. The summed E-state index contributed by atoms with van der Waals surface area (Å²) in [6.45, 7) is 6.93. The fourth-order valence-electron chi connectivity index (χ4n) is 2.40. The Hall–Kier alpha value is -1.61. The molecule has 0 amide bonds. The Morgan fingerprint density at radius 1 is 1.18 bits per heavy atom. The van der Waals surface area contributed by atoms with E-state index in [0.717, 1.165) is 5.75 Å². The van der Waals surface area contributed by atoms with Gasteiger partial charge in [0.05, 0.1) is 5.56 Å². The molecule has 3 N–H and O–H groups in total. The average Bonchev–Trinajstić information content (AvgIpc) is 2.64. The number of carbonyl (C=O) groups is 1. The maximum atomic E-state index is 14.0. The number of nitrogens with one attached hydrogen (secondary N) is 1. The number of thioether (sulfide) groups is 1. The van der Waals surface area contributed by atoms with Crippen LogP contribution in [0.3, 0.4) is 0 Å². The van der Waals surface area contributed by atoms with Crippen LogP contribution in [0.25, 0.3) is 0 Å². The summed E-state index contributed by atoms with van der Waals surface area (Å²) < 4.78 is 19.2. The van der Waals surface area contributed by atoms with Gasteiger partial charge in [-0.1, -0.05) is 75.1 Å². The molecule has 0 heterocycles. The molecule has 0 saturated heterocycles. The number of hydrogen-bond acceptors (Lipinski definition) is 6. The van der Waals surface area contributed by atoms with E-state index in [-0.39, 0.29) is 11.0 Å². The topological polar surface area (TPSA) is 64.3 Å². The predicted molar refractivity (Wildman–Crippen MR) is 119 cm³/mol. The lowest BCUT2D eigenvalue weighted by Crippen LogP contribution is -2.18. The lowest BCUT2D eigenvalue weighted by atomic mass is 9.87. The molecule has 0 saturated carbocycles. The van der Waals surface area contributed by atoms with Crippen LogP contribution in [0.5, 0.6) is 0 Å². The number of thiocarbonyl (C=S) groups is 1. The van der Waals surface area contributed by atoms with Crippen LogP contribution in [0.4, 0.5) is 4.39 Å². The highest BCUT2D eigenvalue weighted by atomic mass is 32.2. The van der Waals surface area contributed by atoms with E-state index < -0.39 is 11.8 Å². The number of rotatable bonds is 6. The second-order valence-electron chi connectivity index (χ2n) is 7.16. The van der Waals surface area contributed by atoms with E-state index in [4.69, 9.17) is 17.4 Å². The van der Waals surface area contributed by atoms with E-state index >= 15 is 0 Å². The highest BCUT2D eigenvalue weighted by Crippen LogP contribution is 2.23. The van der Waals surface area contributed by atoms with Gasteiger partial charge in [-0.05, 0) is 34.2 Å². The lowest BCUT2D eigenvalue weighted by molar-refractivity contribution is 0.0763. The van der Waals surface area contributed by atoms with E-state index in [9.17, 15) is 9.18 Å². The Morgan fingerprint density at radius 3 is 2.39 bits per heavy atom. The van der Waals surface area contributed by atoms with Crippen molar-refractivity contribution in [1.29, 1.82) is 0 Å². The molecular formula is C20H23FN2O2S3. The molecule has 0 spiro atoms. The third-order valence-corrected chi connectivity index (χ3v) is 5.63. The fraction of sp³-hybridized carbons (Fsp3) is 0.300. The highest BCUT2D eigenvalue weighted by Gasteiger charge is 2.14. The molecule has 0 unspecified atom stereocenters. The molecule has 0 fully saturated rings. The number of hydrogen-bond donors (Lipinski definition) is 2. The molecule has 2 aromatic rings. The lowest BCUT2D eigenvalue weighted by Gasteiger charge is -2.19. The molecule has 28 heavy (non-hydrogen) atoms. The second kappa shape index (κ2) is 10.2. The number of carbonyl (C=O) groups excluding carboxylic acids is 1. The van der Waals surface area contributed by atoms with Crippen molar-refractivity contribution in [2.45, 2.75) is 38.5 Å². The summed E-state index contributed by atoms with van der Waals surface area (Å²) in [5, 5.41) is 8.14. The Labute approximate surface area is 179 Å². The van der Waals surface area contributed by atoms with Crippen molar-refractivity contribution in [2.24, 2.45) is 5.14 Å². The van der Waals surface area contributed by atoms with Crippen molar-refractivity contribution in [3.05, 3.63) is 70.5 Å². The van der Waals surface area contributed by atoms with Crippen LogP contribution < -0.4 is 10.5 Å². The smallest absolute Gasteiger partial charge is 0.354 e. The minimum absolute atomic E-state index is 0.132. The van der Waals surface area contributed by atoms with Gasteiger partial charge < -0.3 is 9.50 Å². The molecule has 0 radical (unpaired) electrons. The standard InChI is InChI=1S/C20H23FN2O2S3/c1-20(2,3)15-7-4-13(5-8-15)12-27-19(26)23-11-14-6-9-16(17(21)10-14)18(24)25-28-22/h4-10H,11-12,22H2,1-3H3,(H,23,26). The first-order chi connectivity index (χ1) is 13.2. The zero-order chi connectivity index (χ0) is 20.7. The minimum Gasteiger partial charge on any atom is -0.371 e. The van der Waals surface area contributed by atoms with Crippen LogP contribution in [0.1, 0.15) is 47.8 Å². The predicted octanol–water partition coefficient (Wildman–Crippen LogP) is 5.11. The third kappa shape index (κ3) is 6.77. The van der Waals surface area contributed by atoms with Gasteiger partial charge in [-0.25, -0.2) is 14.3 Å². The summed E-state index contributed by atoms with van der Waals surface area (Å²) in [6, 6.07) is 12.8. The van der Waals surface area contributed by atoms with Crippen molar-refractivity contribution in [3.63, 3.8) is 0 Å². The van der Waals surface area contributed by atoms with Crippen molar-refractivity contribution in [2.75, 3.05) is 0 Å². The summed E-state index contributed by atoms with van der Waals surface area (Å²) >= 11 is 7.24. The maximum Gasteiger partial charge on any atom is 0.354 e. The molecule has 0 aromatic heterocycles. The molecule has 2 rings (SSSR count). The van der Waals surface area contributed by atoms with E-state index in [0.29, 0.717) is 28.7 Å². The normalized spacial score (nSPS) is 11.2. The number of nitrogens with two attached hydrogens (primary N) is 1. The van der Waals surface area contributed by atoms with Crippen LogP contribution in [0.15, 0.2) is 42.5 Å². The van der Waals surface area contributed by atoms with Crippen LogP contribution in [0, 0.1) is 5.82 Å².